The molecule has 18 heavy (non-hydrogen) atoms. The molecule has 0 saturated heterocycles. The van der Waals surface area contributed by atoms with Gasteiger partial charge in [-0.3, -0.25) is 4.72 Å². The molecule has 0 fully saturated rings. The number of sulfonamides is 1. The molecule has 0 aliphatic heterocycles. The number of anilines is 1. The molecule has 0 bridgehead atoms. The highest BCUT2D eigenvalue weighted by molar-refractivity contribution is 7.92. The molecule has 6 nitrogen and oxygen atoms in total. The quantitative estimate of drug-likeness (QED) is 0.855. The van der Waals surface area contributed by atoms with Crippen molar-refractivity contribution in [1.29, 1.82) is 0 Å². The molecule has 0 aliphatic rings. The molecular weight excluding hydrogens is 274 g/mol. The minimum atomic E-state index is -3.41. The van der Waals surface area contributed by atoms with Crippen molar-refractivity contribution < 1.29 is 13.2 Å². The lowest BCUT2D eigenvalue weighted by atomic mass is 10.3. The van der Waals surface area contributed by atoms with Crippen LogP contribution in [0.4, 0.5) is 5.13 Å². The molecule has 2 rings (SSSR count). The molecule has 8 heteroatoms. The van der Waals surface area contributed by atoms with Gasteiger partial charge < -0.3 is 10.5 Å². The number of nitrogens with zero attached hydrogens (tertiary/aromatic N) is 1. The number of benzene rings is 1. The van der Waals surface area contributed by atoms with Gasteiger partial charge in [-0.15, -0.1) is 0 Å². The molecule has 0 amide bonds. The number of nitrogens with one attached hydrogen (secondary N) is 1. The van der Waals surface area contributed by atoms with E-state index in [2.05, 4.69) is 9.71 Å². The largest absolute Gasteiger partial charge is 0.497 e. The minimum absolute atomic E-state index is 0.0774. The van der Waals surface area contributed by atoms with Crippen molar-refractivity contribution in [2.45, 2.75) is 0 Å². The Morgan fingerprint density at radius 2 is 2.28 bits per heavy atom. The summed E-state index contributed by atoms with van der Waals surface area (Å²) in [6.07, 6.45) is 0. The van der Waals surface area contributed by atoms with Gasteiger partial charge in [0.1, 0.15) is 5.75 Å². The lowest BCUT2D eigenvalue weighted by molar-refractivity contribution is 0.415. The van der Waals surface area contributed by atoms with E-state index in [0.717, 1.165) is 10.2 Å². The van der Waals surface area contributed by atoms with Crippen molar-refractivity contribution >= 4 is 36.7 Å². The zero-order valence-electron chi connectivity index (χ0n) is 9.71. The summed E-state index contributed by atoms with van der Waals surface area (Å²) in [5.74, 6) is 0.592. The Kier molecular flexibility index (Phi) is 3.69. The van der Waals surface area contributed by atoms with E-state index in [1.54, 1.807) is 19.2 Å². The van der Waals surface area contributed by atoms with Gasteiger partial charge in [0.2, 0.25) is 10.0 Å². The fourth-order valence-electron chi connectivity index (χ4n) is 1.41. The summed E-state index contributed by atoms with van der Waals surface area (Å²) in [6, 6.07) is 5.37. The summed E-state index contributed by atoms with van der Waals surface area (Å²) in [5, 5.41) is 0.340. The molecule has 0 unspecified atom stereocenters. The van der Waals surface area contributed by atoms with Crippen LogP contribution in [0.2, 0.25) is 0 Å². The molecule has 3 N–H and O–H groups in total. The lowest BCUT2D eigenvalue weighted by Crippen LogP contribution is -2.22. The number of nitrogens with two attached hydrogens (primary N) is 1. The van der Waals surface area contributed by atoms with Crippen LogP contribution in [0, 0.1) is 0 Å². The molecule has 0 aliphatic carbocycles. The maximum Gasteiger partial charge on any atom is 0.235 e. The Balaban J connectivity index is 2.30. The van der Waals surface area contributed by atoms with E-state index in [4.69, 9.17) is 10.5 Å². The lowest BCUT2D eigenvalue weighted by Gasteiger charge is -2.01. The first-order valence-electron chi connectivity index (χ1n) is 5.19. The van der Waals surface area contributed by atoms with E-state index in [1.165, 1.54) is 11.3 Å². The highest BCUT2D eigenvalue weighted by atomic mass is 32.2. The Hall–Kier alpha value is -1.38. The monoisotopic (exact) mass is 287 g/mol. The van der Waals surface area contributed by atoms with Crippen molar-refractivity contribution in [3.05, 3.63) is 18.2 Å². The van der Waals surface area contributed by atoms with Gasteiger partial charge in [0.25, 0.3) is 0 Å². The van der Waals surface area contributed by atoms with Gasteiger partial charge in [-0.1, -0.05) is 11.3 Å². The van der Waals surface area contributed by atoms with Crippen molar-refractivity contribution in [2.24, 2.45) is 5.73 Å². The van der Waals surface area contributed by atoms with Crippen LogP contribution in [0.25, 0.3) is 10.2 Å². The number of thiazole rings is 1. The van der Waals surface area contributed by atoms with E-state index in [-0.39, 0.29) is 12.3 Å². The highest BCUT2D eigenvalue weighted by Gasteiger charge is 2.12. The number of ether oxygens (including phenoxy) is 1. The van der Waals surface area contributed by atoms with Gasteiger partial charge in [0.05, 0.1) is 23.1 Å². The van der Waals surface area contributed by atoms with Gasteiger partial charge in [-0.2, -0.15) is 0 Å². The van der Waals surface area contributed by atoms with Crippen LogP contribution >= 0.6 is 11.3 Å². The standard InChI is InChI=1S/C10H13N3O3S2/c1-16-7-2-3-8-9(6-7)17-10(12-8)13-18(14,15)5-4-11/h2-3,6H,4-5,11H2,1H3,(H,12,13). The predicted molar refractivity (Wildman–Crippen MR) is 72.6 cm³/mol. The van der Waals surface area contributed by atoms with Gasteiger partial charge >= 0.3 is 0 Å². The minimum Gasteiger partial charge on any atom is -0.497 e. The average Bonchev–Trinajstić information content (AvgIpc) is 2.68. The normalized spacial score (nSPS) is 11.7. The van der Waals surface area contributed by atoms with E-state index in [9.17, 15) is 8.42 Å². The molecule has 0 spiro atoms. The predicted octanol–water partition coefficient (Wildman–Crippen LogP) is 1.01. The summed E-state index contributed by atoms with van der Waals surface area (Å²) in [7, 11) is -1.83. The molecule has 1 heterocycles. The zero-order valence-corrected chi connectivity index (χ0v) is 11.3. The SMILES string of the molecule is COc1ccc2nc(NS(=O)(=O)CCN)sc2c1. The Morgan fingerprint density at radius 1 is 1.50 bits per heavy atom. The molecule has 0 atom stereocenters. The fourth-order valence-corrected chi connectivity index (χ4v) is 3.43. The van der Waals surface area contributed by atoms with Crippen LogP contribution in [0.15, 0.2) is 18.2 Å². The number of rotatable bonds is 5. The van der Waals surface area contributed by atoms with Gasteiger partial charge in [0, 0.05) is 6.54 Å². The Morgan fingerprint density at radius 3 is 2.94 bits per heavy atom. The number of hydrogen-bond acceptors (Lipinski definition) is 6. The van der Waals surface area contributed by atoms with Crippen molar-refractivity contribution in [3.8, 4) is 5.75 Å². The molecule has 0 saturated carbocycles. The molecule has 1 aromatic heterocycles. The summed E-state index contributed by atoms with van der Waals surface area (Å²) in [6.45, 7) is 0.0774. The van der Waals surface area contributed by atoms with E-state index < -0.39 is 10.0 Å². The van der Waals surface area contributed by atoms with Crippen LogP contribution in [-0.2, 0) is 10.0 Å². The maximum absolute atomic E-state index is 11.6. The van der Waals surface area contributed by atoms with Crippen molar-refractivity contribution in [2.75, 3.05) is 24.1 Å². The van der Waals surface area contributed by atoms with Gasteiger partial charge in [-0.05, 0) is 18.2 Å². The first kappa shape index (κ1) is 13.1. The topological polar surface area (TPSA) is 94.3 Å². The summed E-state index contributed by atoms with van der Waals surface area (Å²) in [5.41, 5.74) is 5.96. The third kappa shape index (κ3) is 2.89. The molecular formula is C10H13N3O3S2. The van der Waals surface area contributed by atoms with Crippen LogP contribution in [0.1, 0.15) is 0 Å². The number of aromatic nitrogens is 1. The Bertz CT molecular complexity index is 651. The average molecular weight is 287 g/mol. The third-order valence-corrected chi connectivity index (χ3v) is 4.57. The zero-order chi connectivity index (χ0) is 13.2. The second-order valence-electron chi connectivity index (χ2n) is 3.56. The van der Waals surface area contributed by atoms with Crippen LogP contribution < -0.4 is 15.2 Å². The number of fused-ring (bicyclic) bond motifs is 1. The van der Waals surface area contributed by atoms with E-state index in [1.807, 2.05) is 6.07 Å². The first-order valence-corrected chi connectivity index (χ1v) is 7.66. The van der Waals surface area contributed by atoms with Gasteiger partial charge in [0.15, 0.2) is 5.13 Å². The highest BCUT2D eigenvalue weighted by Crippen LogP contribution is 2.29. The smallest absolute Gasteiger partial charge is 0.235 e. The maximum atomic E-state index is 11.6. The summed E-state index contributed by atoms with van der Waals surface area (Å²) in [4.78, 5) is 4.19. The molecule has 98 valence electrons. The van der Waals surface area contributed by atoms with Crippen LogP contribution in [0.5, 0.6) is 5.75 Å². The van der Waals surface area contributed by atoms with Crippen LogP contribution in [0.3, 0.4) is 0 Å². The summed E-state index contributed by atoms with van der Waals surface area (Å²) < 4.78 is 31.5. The molecule has 0 radical (unpaired) electrons. The fraction of sp³-hybridized carbons (Fsp3) is 0.300. The second kappa shape index (κ2) is 5.09. The second-order valence-corrected chi connectivity index (χ2v) is 6.43. The molecule has 2 aromatic rings. The summed E-state index contributed by atoms with van der Waals surface area (Å²) >= 11 is 1.26. The molecule has 1 aromatic carbocycles. The van der Waals surface area contributed by atoms with Gasteiger partial charge in [-0.25, -0.2) is 13.4 Å². The number of hydrogen-bond donors (Lipinski definition) is 2. The third-order valence-electron chi connectivity index (χ3n) is 2.22. The first-order chi connectivity index (χ1) is 8.54. The van der Waals surface area contributed by atoms with E-state index >= 15 is 0 Å². The van der Waals surface area contributed by atoms with E-state index in [0.29, 0.717) is 10.9 Å². The number of methoxy groups -OCH3 is 1. The van der Waals surface area contributed by atoms with Crippen LogP contribution in [-0.4, -0.2) is 32.8 Å². The van der Waals surface area contributed by atoms with Crippen molar-refractivity contribution in [1.82, 2.24) is 4.98 Å². The van der Waals surface area contributed by atoms with Crippen molar-refractivity contribution in [3.63, 3.8) is 0 Å². The Labute approximate surface area is 109 Å².